The lowest BCUT2D eigenvalue weighted by atomic mass is 9.99. The van der Waals surface area contributed by atoms with E-state index in [1.54, 1.807) is 6.20 Å². The highest BCUT2D eigenvalue weighted by molar-refractivity contribution is 5.41. The van der Waals surface area contributed by atoms with E-state index in [1.807, 2.05) is 12.1 Å². The Morgan fingerprint density at radius 2 is 2.17 bits per heavy atom. The van der Waals surface area contributed by atoms with Crippen LogP contribution in [-0.4, -0.2) is 54.6 Å². The molecule has 2 heterocycles. The Kier molecular flexibility index (Phi) is 4.16. The number of aromatic nitrogens is 1. The second-order valence-electron chi connectivity index (χ2n) is 5.17. The third kappa shape index (κ3) is 2.80. The van der Waals surface area contributed by atoms with Crippen molar-refractivity contribution in [3.8, 4) is 0 Å². The molecule has 2 unspecified atom stereocenters. The highest BCUT2D eigenvalue weighted by atomic mass is 15.2. The van der Waals surface area contributed by atoms with E-state index in [-0.39, 0.29) is 12.1 Å². The predicted octanol–water partition coefficient (Wildman–Crippen LogP) is 0.300. The van der Waals surface area contributed by atoms with Crippen molar-refractivity contribution in [2.24, 2.45) is 5.73 Å². The maximum atomic E-state index is 6.40. The molecule has 5 nitrogen and oxygen atoms in total. The number of nitrogens with zero attached hydrogens (tertiary/aromatic N) is 3. The van der Waals surface area contributed by atoms with Crippen LogP contribution < -0.4 is 11.5 Å². The van der Waals surface area contributed by atoms with Gasteiger partial charge < -0.3 is 21.3 Å². The molecule has 100 valence electrons. The van der Waals surface area contributed by atoms with Crippen molar-refractivity contribution in [3.05, 3.63) is 23.9 Å². The summed E-state index contributed by atoms with van der Waals surface area (Å²) in [5.74, 6) is 0.547. The lowest BCUT2D eigenvalue weighted by Gasteiger charge is -2.32. The number of hydrogen-bond acceptors (Lipinski definition) is 5. The third-order valence-electron chi connectivity index (χ3n) is 3.76. The second-order valence-corrected chi connectivity index (χ2v) is 5.17. The molecular formula is C13H23N5. The van der Waals surface area contributed by atoms with Gasteiger partial charge in [0.15, 0.2) is 0 Å². The van der Waals surface area contributed by atoms with Crippen LogP contribution in [0.15, 0.2) is 18.3 Å². The summed E-state index contributed by atoms with van der Waals surface area (Å²) in [6, 6.07) is 4.06. The van der Waals surface area contributed by atoms with Crippen LogP contribution in [0.4, 0.5) is 5.82 Å². The molecule has 5 heteroatoms. The SMILES string of the molecule is CN1CCCN(C)C(C(N)c2cccnc2N)C1. The second kappa shape index (κ2) is 5.65. The number of rotatable bonds is 2. The molecule has 4 N–H and O–H groups in total. The Morgan fingerprint density at radius 1 is 1.39 bits per heavy atom. The summed E-state index contributed by atoms with van der Waals surface area (Å²) in [6.45, 7) is 3.16. The van der Waals surface area contributed by atoms with Crippen LogP contribution >= 0.6 is 0 Å². The van der Waals surface area contributed by atoms with E-state index in [9.17, 15) is 0 Å². The monoisotopic (exact) mass is 249 g/mol. The maximum absolute atomic E-state index is 6.40. The van der Waals surface area contributed by atoms with Crippen molar-refractivity contribution < 1.29 is 0 Å². The highest BCUT2D eigenvalue weighted by Gasteiger charge is 2.28. The summed E-state index contributed by atoms with van der Waals surface area (Å²) in [7, 11) is 4.28. The van der Waals surface area contributed by atoms with Crippen LogP contribution in [0.25, 0.3) is 0 Å². The number of anilines is 1. The van der Waals surface area contributed by atoms with Gasteiger partial charge in [0.05, 0.1) is 6.04 Å². The van der Waals surface area contributed by atoms with Crippen LogP contribution in [0.5, 0.6) is 0 Å². The summed E-state index contributed by atoms with van der Waals surface area (Å²) in [6.07, 6.45) is 2.88. The van der Waals surface area contributed by atoms with Gasteiger partial charge in [-0.2, -0.15) is 0 Å². The molecule has 18 heavy (non-hydrogen) atoms. The van der Waals surface area contributed by atoms with Crippen LogP contribution in [0, 0.1) is 0 Å². The Hall–Kier alpha value is -1.17. The fourth-order valence-corrected chi connectivity index (χ4v) is 2.61. The van der Waals surface area contributed by atoms with E-state index in [0.717, 1.165) is 25.2 Å². The Bertz CT molecular complexity index is 395. The van der Waals surface area contributed by atoms with Crippen molar-refractivity contribution in [1.82, 2.24) is 14.8 Å². The van der Waals surface area contributed by atoms with E-state index in [0.29, 0.717) is 5.82 Å². The van der Waals surface area contributed by atoms with E-state index in [2.05, 4.69) is 28.9 Å². The number of nitrogens with two attached hydrogens (primary N) is 2. The molecule has 1 aromatic rings. The van der Waals surface area contributed by atoms with Crippen molar-refractivity contribution in [1.29, 1.82) is 0 Å². The van der Waals surface area contributed by atoms with Gasteiger partial charge in [0.25, 0.3) is 0 Å². The molecule has 0 aromatic carbocycles. The van der Waals surface area contributed by atoms with Crippen LogP contribution in [0.1, 0.15) is 18.0 Å². The zero-order chi connectivity index (χ0) is 13.1. The number of hydrogen-bond donors (Lipinski definition) is 2. The molecule has 0 saturated carbocycles. The van der Waals surface area contributed by atoms with Gasteiger partial charge in [-0.05, 0) is 39.7 Å². The molecule has 1 aromatic heterocycles. The van der Waals surface area contributed by atoms with E-state index in [1.165, 1.54) is 6.42 Å². The van der Waals surface area contributed by atoms with Gasteiger partial charge in [0.1, 0.15) is 5.82 Å². The minimum absolute atomic E-state index is 0.0933. The highest BCUT2D eigenvalue weighted by Crippen LogP contribution is 2.23. The molecule has 0 amide bonds. The van der Waals surface area contributed by atoms with Crippen LogP contribution in [-0.2, 0) is 0 Å². The van der Waals surface area contributed by atoms with Gasteiger partial charge in [0, 0.05) is 24.3 Å². The summed E-state index contributed by atoms with van der Waals surface area (Å²) >= 11 is 0. The van der Waals surface area contributed by atoms with Gasteiger partial charge >= 0.3 is 0 Å². The lowest BCUT2D eigenvalue weighted by molar-refractivity contribution is 0.196. The first-order valence-electron chi connectivity index (χ1n) is 6.44. The fourth-order valence-electron chi connectivity index (χ4n) is 2.61. The molecule has 1 aliphatic heterocycles. The number of pyridine rings is 1. The standard InChI is InChI=1S/C13H23N5/c1-17-7-4-8-18(2)11(9-17)12(14)10-5-3-6-16-13(10)15/h3,5-6,11-12H,4,7-9,14H2,1-2H3,(H2,15,16). The van der Waals surface area contributed by atoms with Crippen molar-refractivity contribution in [2.45, 2.75) is 18.5 Å². The molecular weight excluding hydrogens is 226 g/mol. The Balaban J connectivity index is 2.20. The molecule has 0 bridgehead atoms. The first-order valence-corrected chi connectivity index (χ1v) is 6.44. The molecule has 1 saturated heterocycles. The third-order valence-corrected chi connectivity index (χ3v) is 3.76. The molecule has 2 atom stereocenters. The molecule has 0 radical (unpaired) electrons. The fraction of sp³-hybridized carbons (Fsp3) is 0.615. The molecule has 0 spiro atoms. The van der Waals surface area contributed by atoms with Crippen molar-refractivity contribution >= 4 is 5.82 Å². The average Bonchev–Trinajstić information content (AvgIpc) is 2.51. The molecule has 2 rings (SSSR count). The zero-order valence-corrected chi connectivity index (χ0v) is 11.2. The van der Waals surface area contributed by atoms with Crippen molar-refractivity contribution in [3.63, 3.8) is 0 Å². The lowest BCUT2D eigenvalue weighted by Crippen LogP contribution is -2.45. The maximum Gasteiger partial charge on any atom is 0.128 e. The number of likely N-dealkylation sites (N-methyl/N-ethyl adjacent to an activating group) is 2. The minimum atomic E-state index is -0.0933. The quantitative estimate of drug-likeness (QED) is 0.789. The van der Waals surface area contributed by atoms with Gasteiger partial charge in [-0.25, -0.2) is 4.98 Å². The van der Waals surface area contributed by atoms with Gasteiger partial charge in [-0.15, -0.1) is 0 Å². The Morgan fingerprint density at radius 3 is 2.89 bits per heavy atom. The summed E-state index contributed by atoms with van der Waals surface area (Å²) in [4.78, 5) is 8.80. The van der Waals surface area contributed by atoms with E-state index < -0.39 is 0 Å². The van der Waals surface area contributed by atoms with Crippen LogP contribution in [0.2, 0.25) is 0 Å². The zero-order valence-electron chi connectivity index (χ0n) is 11.2. The summed E-state index contributed by atoms with van der Waals surface area (Å²) in [5, 5.41) is 0. The average molecular weight is 249 g/mol. The largest absolute Gasteiger partial charge is 0.383 e. The summed E-state index contributed by atoms with van der Waals surface area (Å²) < 4.78 is 0. The van der Waals surface area contributed by atoms with Crippen molar-refractivity contribution in [2.75, 3.05) is 39.5 Å². The molecule has 0 aliphatic carbocycles. The predicted molar refractivity (Wildman–Crippen MR) is 74.1 cm³/mol. The normalized spacial score (nSPS) is 24.7. The first-order chi connectivity index (χ1) is 8.59. The summed E-state index contributed by atoms with van der Waals surface area (Å²) in [5.41, 5.74) is 13.3. The van der Waals surface area contributed by atoms with Crippen LogP contribution in [0.3, 0.4) is 0 Å². The number of nitrogen functional groups attached to an aromatic ring is 1. The topological polar surface area (TPSA) is 71.4 Å². The van der Waals surface area contributed by atoms with E-state index >= 15 is 0 Å². The minimum Gasteiger partial charge on any atom is -0.383 e. The van der Waals surface area contributed by atoms with Gasteiger partial charge in [-0.3, -0.25) is 0 Å². The Labute approximate surface area is 109 Å². The van der Waals surface area contributed by atoms with Gasteiger partial charge in [-0.1, -0.05) is 6.07 Å². The first kappa shape index (κ1) is 13.3. The molecule has 1 aliphatic rings. The van der Waals surface area contributed by atoms with E-state index in [4.69, 9.17) is 11.5 Å². The molecule has 1 fully saturated rings. The smallest absolute Gasteiger partial charge is 0.128 e. The van der Waals surface area contributed by atoms with Gasteiger partial charge in [0.2, 0.25) is 0 Å².